The highest BCUT2D eigenvalue weighted by Crippen LogP contribution is 2.22. The van der Waals surface area contributed by atoms with E-state index in [1.54, 1.807) is 0 Å². The third-order valence-electron chi connectivity index (χ3n) is 3.32. The molecule has 2 aliphatic heterocycles. The average Bonchev–Trinajstić information content (AvgIpc) is 2.60. The van der Waals surface area contributed by atoms with Gasteiger partial charge in [0.15, 0.2) is 0 Å². The first kappa shape index (κ1) is 10.9. The van der Waals surface area contributed by atoms with Gasteiger partial charge in [-0.3, -0.25) is 9.69 Å². The number of hydrogen-bond donors (Lipinski definition) is 2. The van der Waals surface area contributed by atoms with Gasteiger partial charge in [-0.15, -0.1) is 0 Å². The second kappa shape index (κ2) is 4.47. The minimum Gasteiger partial charge on any atom is -0.390 e. The number of fused-ring (bicyclic) bond motifs is 1. The summed E-state index contributed by atoms with van der Waals surface area (Å²) in [5.41, 5.74) is 5.38. The lowest BCUT2D eigenvalue weighted by Gasteiger charge is -2.38. The van der Waals surface area contributed by atoms with Crippen LogP contribution in [0, 0.1) is 0 Å². The molecule has 5 heteroatoms. The lowest BCUT2D eigenvalue weighted by atomic mass is 10.1. The predicted octanol–water partition coefficient (Wildman–Crippen LogP) is -1.39. The third kappa shape index (κ3) is 2.30. The number of nitrogens with zero attached hydrogens (tertiary/aromatic N) is 2. The Labute approximate surface area is 89.8 Å². The van der Waals surface area contributed by atoms with Crippen LogP contribution in [0.5, 0.6) is 0 Å². The SMILES string of the molecule is NCC(O)CN1CCN2C(=O)CCC2C1. The van der Waals surface area contributed by atoms with E-state index in [1.807, 2.05) is 4.90 Å². The lowest BCUT2D eigenvalue weighted by molar-refractivity contribution is -0.130. The van der Waals surface area contributed by atoms with Crippen molar-refractivity contribution in [3.8, 4) is 0 Å². The van der Waals surface area contributed by atoms with Gasteiger partial charge in [-0.05, 0) is 6.42 Å². The number of rotatable bonds is 3. The number of aliphatic hydroxyl groups is 1. The summed E-state index contributed by atoms with van der Waals surface area (Å²) in [6.07, 6.45) is 1.22. The maximum atomic E-state index is 11.4. The summed E-state index contributed by atoms with van der Waals surface area (Å²) in [6.45, 7) is 3.50. The topological polar surface area (TPSA) is 69.8 Å². The minimum absolute atomic E-state index is 0.291. The van der Waals surface area contributed by atoms with Gasteiger partial charge in [-0.1, -0.05) is 0 Å². The average molecular weight is 213 g/mol. The van der Waals surface area contributed by atoms with E-state index in [9.17, 15) is 9.90 Å². The Bertz CT molecular complexity index is 247. The van der Waals surface area contributed by atoms with Crippen LogP contribution >= 0.6 is 0 Å². The summed E-state index contributed by atoms with van der Waals surface area (Å²) in [5.74, 6) is 0.291. The first-order valence-corrected chi connectivity index (χ1v) is 5.60. The van der Waals surface area contributed by atoms with Gasteiger partial charge in [-0.25, -0.2) is 0 Å². The molecular weight excluding hydrogens is 194 g/mol. The number of carbonyl (C=O) groups excluding carboxylic acids is 1. The Morgan fingerprint density at radius 2 is 2.33 bits per heavy atom. The number of β-amino-alcohol motifs (C(OH)–C–C–N with tert-alkyl or cyclic N) is 1. The summed E-state index contributed by atoms with van der Waals surface area (Å²) in [6, 6.07) is 0.372. The molecule has 86 valence electrons. The van der Waals surface area contributed by atoms with Crippen LogP contribution in [0.25, 0.3) is 0 Å². The third-order valence-corrected chi connectivity index (χ3v) is 3.32. The van der Waals surface area contributed by atoms with Crippen molar-refractivity contribution >= 4 is 5.91 Å². The molecule has 15 heavy (non-hydrogen) atoms. The zero-order valence-corrected chi connectivity index (χ0v) is 8.93. The fraction of sp³-hybridized carbons (Fsp3) is 0.900. The molecule has 2 heterocycles. The minimum atomic E-state index is -0.436. The molecule has 0 aromatic rings. The fourth-order valence-corrected chi connectivity index (χ4v) is 2.47. The lowest BCUT2D eigenvalue weighted by Crippen LogP contribution is -2.53. The van der Waals surface area contributed by atoms with Crippen molar-refractivity contribution in [1.82, 2.24) is 9.80 Å². The Hall–Kier alpha value is -0.650. The van der Waals surface area contributed by atoms with Crippen molar-refractivity contribution in [2.24, 2.45) is 5.73 Å². The van der Waals surface area contributed by atoms with Gasteiger partial charge in [0.1, 0.15) is 0 Å². The molecule has 2 saturated heterocycles. The van der Waals surface area contributed by atoms with E-state index in [0.29, 0.717) is 31.5 Å². The molecule has 0 aliphatic carbocycles. The second-order valence-corrected chi connectivity index (χ2v) is 4.43. The number of carbonyl (C=O) groups is 1. The number of nitrogens with two attached hydrogens (primary N) is 1. The van der Waals surface area contributed by atoms with Crippen LogP contribution in [0.2, 0.25) is 0 Å². The number of aliphatic hydroxyl groups excluding tert-OH is 1. The molecule has 0 spiro atoms. The van der Waals surface area contributed by atoms with Gasteiger partial charge < -0.3 is 15.7 Å². The van der Waals surface area contributed by atoms with Gasteiger partial charge in [0.05, 0.1) is 6.10 Å². The fourth-order valence-electron chi connectivity index (χ4n) is 2.47. The molecule has 1 amide bonds. The van der Waals surface area contributed by atoms with Crippen molar-refractivity contribution in [3.05, 3.63) is 0 Å². The normalized spacial score (nSPS) is 29.3. The summed E-state index contributed by atoms with van der Waals surface area (Å²) < 4.78 is 0. The van der Waals surface area contributed by atoms with E-state index in [1.165, 1.54) is 0 Å². The van der Waals surface area contributed by atoms with E-state index in [0.717, 1.165) is 26.1 Å². The summed E-state index contributed by atoms with van der Waals surface area (Å²) in [5, 5.41) is 9.46. The van der Waals surface area contributed by atoms with Gasteiger partial charge in [-0.2, -0.15) is 0 Å². The van der Waals surface area contributed by atoms with E-state index in [-0.39, 0.29) is 0 Å². The second-order valence-electron chi connectivity index (χ2n) is 4.43. The number of amides is 1. The van der Waals surface area contributed by atoms with Crippen molar-refractivity contribution in [2.75, 3.05) is 32.7 Å². The molecule has 2 rings (SSSR count). The number of hydrogen-bond acceptors (Lipinski definition) is 4. The molecular formula is C10H19N3O2. The van der Waals surface area contributed by atoms with Gasteiger partial charge in [0.2, 0.25) is 5.91 Å². The van der Waals surface area contributed by atoms with Crippen molar-refractivity contribution in [1.29, 1.82) is 0 Å². The first-order valence-electron chi connectivity index (χ1n) is 5.60. The monoisotopic (exact) mass is 213 g/mol. The Balaban J connectivity index is 1.85. The molecule has 2 unspecified atom stereocenters. The van der Waals surface area contributed by atoms with Gasteiger partial charge >= 0.3 is 0 Å². The van der Waals surface area contributed by atoms with E-state index < -0.39 is 6.10 Å². The van der Waals surface area contributed by atoms with E-state index in [2.05, 4.69) is 4.90 Å². The highest BCUT2D eigenvalue weighted by Gasteiger charge is 2.35. The zero-order valence-electron chi connectivity index (χ0n) is 8.93. The maximum Gasteiger partial charge on any atom is 0.222 e. The van der Waals surface area contributed by atoms with Crippen LogP contribution in [-0.2, 0) is 4.79 Å². The predicted molar refractivity (Wildman–Crippen MR) is 56.2 cm³/mol. The van der Waals surface area contributed by atoms with E-state index >= 15 is 0 Å². The molecule has 0 bridgehead atoms. The smallest absolute Gasteiger partial charge is 0.222 e. The largest absolute Gasteiger partial charge is 0.390 e. The Morgan fingerprint density at radius 1 is 1.53 bits per heavy atom. The van der Waals surface area contributed by atoms with Crippen LogP contribution < -0.4 is 5.73 Å². The molecule has 2 fully saturated rings. The summed E-state index contributed by atoms with van der Waals surface area (Å²) in [7, 11) is 0. The van der Waals surface area contributed by atoms with Gasteiger partial charge in [0.25, 0.3) is 0 Å². The highest BCUT2D eigenvalue weighted by molar-refractivity contribution is 5.78. The van der Waals surface area contributed by atoms with Crippen LogP contribution in [0.3, 0.4) is 0 Å². The van der Waals surface area contributed by atoms with Gasteiger partial charge in [0, 0.05) is 45.2 Å². The maximum absolute atomic E-state index is 11.4. The van der Waals surface area contributed by atoms with Crippen LogP contribution in [0.1, 0.15) is 12.8 Å². The standard InChI is InChI=1S/C10H19N3O2/c11-5-9(14)7-12-3-4-13-8(6-12)1-2-10(13)15/h8-9,14H,1-7,11H2. The quantitative estimate of drug-likeness (QED) is 0.606. The molecule has 2 aliphatic rings. The highest BCUT2D eigenvalue weighted by atomic mass is 16.3. The summed E-state index contributed by atoms with van der Waals surface area (Å²) >= 11 is 0. The Kier molecular flexibility index (Phi) is 3.23. The van der Waals surface area contributed by atoms with Crippen molar-refractivity contribution in [2.45, 2.75) is 25.0 Å². The summed E-state index contributed by atoms with van der Waals surface area (Å²) in [4.78, 5) is 15.6. The molecule has 0 radical (unpaired) electrons. The first-order chi connectivity index (χ1) is 7.20. The zero-order chi connectivity index (χ0) is 10.8. The van der Waals surface area contributed by atoms with Crippen molar-refractivity contribution < 1.29 is 9.90 Å². The van der Waals surface area contributed by atoms with Crippen molar-refractivity contribution in [3.63, 3.8) is 0 Å². The van der Waals surface area contributed by atoms with Crippen LogP contribution in [0.4, 0.5) is 0 Å². The molecule has 3 N–H and O–H groups in total. The number of piperazine rings is 1. The molecule has 2 atom stereocenters. The molecule has 5 nitrogen and oxygen atoms in total. The molecule has 0 saturated carbocycles. The van der Waals surface area contributed by atoms with Crippen LogP contribution in [-0.4, -0.2) is 65.7 Å². The van der Waals surface area contributed by atoms with Crippen LogP contribution in [0.15, 0.2) is 0 Å². The Morgan fingerprint density at radius 3 is 3.07 bits per heavy atom. The van der Waals surface area contributed by atoms with E-state index in [4.69, 9.17) is 5.73 Å². The molecule has 0 aromatic heterocycles. The molecule has 0 aromatic carbocycles.